The highest BCUT2D eigenvalue weighted by atomic mass is 15.0. The van der Waals surface area contributed by atoms with E-state index >= 15 is 0 Å². The Morgan fingerprint density at radius 3 is 2.82 bits per heavy atom. The molecule has 0 bridgehead atoms. The molecule has 3 N–H and O–H groups in total. The van der Waals surface area contributed by atoms with Crippen molar-refractivity contribution >= 4 is 27.8 Å². The number of nitrogens with one attached hydrogen (secondary N) is 3. The van der Waals surface area contributed by atoms with Crippen molar-refractivity contribution in [1.29, 1.82) is 0 Å². The number of H-pyrrole nitrogens is 1. The van der Waals surface area contributed by atoms with Gasteiger partial charge in [-0.05, 0) is 67.7 Å². The van der Waals surface area contributed by atoms with Crippen LogP contribution in [0.3, 0.4) is 0 Å². The van der Waals surface area contributed by atoms with Crippen molar-refractivity contribution in [3.8, 4) is 11.4 Å². The first-order valence-electron chi connectivity index (χ1n) is 12.5. The Hall–Kier alpha value is -3.06. The fraction of sp³-hybridized carbons (Fsp3) is 0.481. The summed E-state index contributed by atoms with van der Waals surface area (Å²) in [6.07, 6.45) is 10.6. The maximum Gasteiger partial charge on any atom is 0.163 e. The highest BCUT2D eigenvalue weighted by Gasteiger charge is 2.32. The first-order valence-corrected chi connectivity index (χ1v) is 12.5. The van der Waals surface area contributed by atoms with E-state index in [1.807, 2.05) is 24.7 Å². The number of aryl methyl sites for hydroxylation is 1. The van der Waals surface area contributed by atoms with Crippen LogP contribution in [-0.2, 0) is 0 Å². The fourth-order valence-corrected chi connectivity index (χ4v) is 5.56. The van der Waals surface area contributed by atoms with Crippen molar-refractivity contribution in [2.75, 3.05) is 25.0 Å². The molecule has 4 aromatic rings. The summed E-state index contributed by atoms with van der Waals surface area (Å²) in [7, 11) is 0. The molecular weight excluding hydrogens is 422 g/mol. The van der Waals surface area contributed by atoms with Crippen LogP contribution in [0.5, 0.6) is 0 Å². The lowest BCUT2D eigenvalue weighted by Crippen LogP contribution is -2.45. The van der Waals surface area contributed by atoms with Gasteiger partial charge in [0.25, 0.3) is 0 Å². The molecule has 1 saturated carbocycles. The molecular formula is C27H33N7. The monoisotopic (exact) mass is 455 g/mol. The molecule has 5 heterocycles. The maximum atomic E-state index is 5.16. The molecule has 0 aromatic carbocycles. The van der Waals surface area contributed by atoms with Crippen molar-refractivity contribution in [1.82, 2.24) is 30.2 Å². The molecule has 0 spiro atoms. The van der Waals surface area contributed by atoms with Crippen LogP contribution in [0.4, 0.5) is 5.82 Å². The Morgan fingerprint density at radius 2 is 2.03 bits per heavy atom. The summed E-state index contributed by atoms with van der Waals surface area (Å²) in [4.78, 5) is 22.6. The molecule has 6 rings (SSSR count). The van der Waals surface area contributed by atoms with Crippen LogP contribution in [0.1, 0.15) is 56.7 Å². The number of pyridine rings is 2. The van der Waals surface area contributed by atoms with Crippen molar-refractivity contribution in [2.24, 2.45) is 11.3 Å². The molecule has 7 nitrogen and oxygen atoms in total. The molecule has 1 aliphatic heterocycles. The van der Waals surface area contributed by atoms with Crippen LogP contribution in [0, 0.1) is 18.3 Å². The van der Waals surface area contributed by atoms with Crippen LogP contribution in [0.15, 0.2) is 30.7 Å². The minimum absolute atomic E-state index is 0.245. The van der Waals surface area contributed by atoms with E-state index in [4.69, 9.17) is 9.97 Å². The molecule has 1 aliphatic carbocycles. The second kappa shape index (κ2) is 8.31. The summed E-state index contributed by atoms with van der Waals surface area (Å²) in [5, 5.41) is 9.53. The first-order chi connectivity index (χ1) is 16.5. The van der Waals surface area contributed by atoms with Gasteiger partial charge in [0.15, 0.2) is 5.82 Å². The van der Waals surface area contributed by atoms with Crippen molar-refractivity contribution in [3.05, 3.63) is 42.0 Å². The lowest BCUT2D eigenvalue weighted by atomic mass is 9.74. The van der Waals surface area contributed by atoms with Gasteiger partial charge in [0.05, 0.1) is 11.7 Å². The van der Waals surface area contributed by atoms with E-state index in [-0.39, 0.29) is 5.41 Å². The predicted molar refractivity (Wildman–Crippen MR) is 137 cm³/mol. The summed E-state index contributed by atoms with van der Waals surface area (Å²) in [5.74, 6) is 2.80. The summed E-state index contributed by atoms with van der Waals surface area (Å²) in [6, 6.07) is 4.14. The number of piperidine rings is 1. The van der Waals surface area contributed by atoms with E-state index in [9.17, 15) is 0 Å². The summed E-state index contributed by atoms with van der Waals surface area (Å²) in [5.41, 5.74) is 5.39. The second-order valence-electron chi connectivity index (χ2n) is 10.8. The molecule has 0 radical (unpaired) electrons. The van der Waals surface area contributed by atoms with Crippen LogP contribution < -0.4 is 10.6 Å². The van der Waals surface area contributed by atoms with E-state index < -0.39 is 0 Å². The van der Waals surface area contributed by atoms with E-state index in [0.29, 0.717) is 11.8 Å². The Kier molecular flexibility index (Phi) is 5.25. The molecule has 1 atom stereocenters. The highest BCUT2D eigenvalue weighted by Crippen LogP contribution is 2.42. The second-order valence-corrected chi connectivity index (χ2v) is 10.8. The van der Waals surface area contributed by atoms with E-state index in [1.54, 1.807) is 0 Å². The van der Waals surface area contributed by atoms with E-state index in [0.717, 1.165) is 64.5 Å². The minimum atomic E-state index is 0.245. The Labute approximate surface area is 200 Å². The Bertz CT molecular complexity index is 1350. The van der Waals surface area contributed by atoms with Gasteiger partial charge in [0, 0.05) is 47.5 Å². The number of anilines is 1. The third kappa shape index (κ3) is 3.72. The summed E-state index contributed by atoms with van der Waals surface area (Å²) >= 11 is 0. The van der Waals surface area contributed by atoms with Gasteiger partial charge >= 0.3 is 0 Å². The Balaban J connectivity index is 1.47. The van der Waals surface area contributed by atoms with Gasteiger partial charge in [-0.25, -0.2) is 15.0 Å². The molecule has 34 heavy (non-hydrogen) atoms. The largest absolute Gasteiger partial charge is 0.369 e. The van der Waals surface area contributed by atoms with Gasteiger partial charge in [0.2, 0.25) is 0 Å². The number of hydrogen-bond donors (Lipinski definition) is 3. The molecule has 1 unspecified atom stereocenters. The summed E-state index contributed by atoms with van der Waals surface area (Å²) in [6.45, 7) is 9.80. The predicted octanol–water partition coefficient (Wildman–Crippen LogP) is 5.19. The van der Waals surface area contributed by atoms with Crippen molar-refractivity contribution < 1.29 is 0 Å². The van der Waals surface area contributed by atoms with E-state index in [1.165, 1.54) is 31.2 Å². The van der Waals surface area contributed by atoms with Crippen molar-refractivity contribution in [3.63, 3.8) is 0 Å². The van der Waals surface area contributed by atoms with Crippen LogP contribution in [-0.4, -0.2) is 44.6 Å². The quantitative estimate of drug-likeness (QED) is 0.384. The lowest BCUT2D eigenvalue weighted by Gasteiger charge is -2.39. The average molecular weight is 456 g/mol. The van der Waals surface area contributed by atoms with Gasteiger partial charge in [-0.15, -0.1) is 0 Å². The van der Waals surface area contributed by atoms with Gasteiger partial charge < -0.3 is 15.6 Å². The average Bonchev–Trinajstić information content (AvgIpc) is 3.17. The number of fused-ring (bicyclic) bond motifs is 2. The van der Waals surface area contributed by atoms with Crippen LogP contribution in [0.2, 0.25) is 0 Å². The molecule has 1 saturated heterocycles. The zero-order valence-corrected chi connectivity index (χ0v) is 20.3. The minimum Gasteiger partial charge on any atom is -0.369 e. The number of rotatable bonds is 5. The molecule has 4 aromatic heterocycles. The summed E-state index contributed by atoms with van der Waals surface area (Å²) < 4.78 is 0. The smallest absolute Gasteiger partial charge is 0.163 e. The highest BCUT2D eigenvalue weighted by molar-refractivity contribution is 5.96. The van der Waals surface area contributed by atoms with E-state index in [2.05, 4.69) is 52.4 Å². The SMILES string of the molecule is Cc1cc2c(-c3nc(NCC4CCNCC4(C)C)c4c(C5CCC5)cncc4n3)ccnc2[nH]1. The maximum absolute atomic E-state index is 5.16. The zero-order chi connectivity index (χ0) is 23.3. The first kappa shape index (κ1) is 21.5. The number of hydrogen-bond acceptors (Lipinski definition) is 6. The van der Waals surface area contributed by atoms with Gasteiger partial charge in [-0.1, -0.05) is 20.3 Å². The number of nitrogens with zero attached hydrogens (tertiary/aromatic N) is 4. The zero-order valence-electron chi connectivity index (χ0n) is 20.3. The van der Waals surface area contributed by atoms with Crippen LogP contribution >= 0.6 is 0 Å². The molecule has 0 amide bonds. The molecule has 2 aliphatic rings. The molecule has 7 heteroatoms. The lowest BCUT2D eigenvalue weighted by molar-refractivity contribution is 0.166. The topological polar surface area (TPSA) is 91.4 Å². The third-order valence-corrected chi connectivity index (χ3v) is 7.96. The number of aromatic amines is 1. The Morgan fingerprint density at radius 1 is 1.15 bits per heavy atom. The van der Waals surface area contributed by atoms with Crippen LogP contribution in [0.25, 0.3) is 33.3 Å². The number of aromatic nitrogens is 5. The van der Waals surface area contributed by atoms with Gasteiger partial charge in [-0.3, -0.25) is 4.98 Å². The standard InChI is InChI=1S/C27H33N7/c1-16-11-20-19(8-10-30-24(20)32-16)25-33-22-14-29-13-21(17-5-4-6-17)23(22)26(34-25)31-12-18-7-9-28-15-27(18,2)3/h8,10-11,13-14,17-18,28H,4-7,9,12,15H2,1-3H3,(H,30,32)(H,31,33,34). The molecule has 176 valence electrons. The third-order valence-electron chi connectivity index (χ3n) is 7.96. The molecule has 2 fully saturated rings. The van der Waals surface area contributed by atoms with Crippen molar-refractivity contribution in [2.45, 2.75) is 52.4 Å². The van der Waals surface area contributed by atoms with Gasteiger partial charge in [0.1, 0.15) is 11.5 Å². The normalized spacial score (nSPS) is 20.5. The van der Waals surface area contributed by atoms with Gasteiger partial charge in [-0.2, -0.15) is 0 Å². The fourth-order valence-electron chi connectivity index (χ4n) is 5.56.